The fraction of sp³-hybridized carbons (Fsp3) is 0.889. The van der Waals surface area contributed by atoms with Crippen molar-refractivity contribution in [3.63, 3.8) is 0 Å². The number of carbonyl (C=O) groups is 2. The zero-order chi connectivity index (χ0) is 13.0. The average molecular weight is 268 g/mol. The normalized spacial score (nSPS) is 73.4. The van der Waals surface area contributed by atoms with E-state index < -0.39 is 0 Å². The Morgan fingerprint density at radius 3 is 2.30 bits per heavy atom. The van der Waals surface area contributed by atoms with Crippen LogP contribution in [0.3, 0.4) is 0 Å². The van der Waals surface area contributed by atoms with Gasteiger partial charge in [0.15, 0.2) is 0 Å². The first kappa shape index (κ1) is 10.1. The second-order valence-electron chi connectivity index (χ2n) is 9.24. The molecule has 10 fully saturated rings. The molecule has 11 bridgehead atoms. The summed E-state index contributed by atoms with van der Waals surface area (Å²) in [5.41, 5.74) is 0.0239. The van der Waals surface area contributed by atoms with Crippen molar-refractivity contribution in [2.75, 3.05) is 0 Å². The summed E-state index contributed by atoms with van der Waals surface area (Å²) in [5.74, 6) is 7.49. The molecule has 10 rings (SSSR count). The van der Waals surface area contributed by atoms with E-state index in [9.17, 15) is 9.59 Å². The van der Waals surface area contributed by atoms with Gasteiger partial charge in [0.1, 0.15) is 11.6 Å². The molecule has 0 amide bonds. The molecule has 0 heterocycles. The van der Waals surface area contributed by atoms with Crippen LogP contribution in [0.15, 0.2) is 0 Å². The van der Waals surface area contributed by atoms with Crippen LogP contribution in [0, 0.1) is 64.6 Å². The highest BCUT2D eigenvalue weighted by Crippen LogP contribution is 2.83. The number of rotatable bonds is 0. The van der Waals surface area contributed by atoms with Gasteiger partial charge >= 0.3 is 0 Å². The van der Waals surface area contributed by atoms with Crippen LogP contribution in [0.2, 0.25) is 0 Å². The molecule has 0 unspecified atom stereocenters. The molecule has 104 valence electrons. The van der Waals surface area contributed by atoms with Crippen molar-refractivity contribution in [2.24, 2.45) is 64.6 Å². The van der Waals surface area contributed by atoms with Crippen molar-refractivity contribution < 1.29 is 9.59 Å². The summed E-state index contributed by atoms with van der Waals surface area (Å²) in [6.45, 7) is 0. The predicted molar refractivity (Wildman–Crippen MR) is 70.4 cm³/mol. The Bertz CT molecular complexity index is 609. The molecule has 11 atom stereocenters. The fourth-order valence-corrected chi connectivity index (χ4v) is 9.62. The molecule has 10 saturated carbocycles. The van der Waals surface area contributed by atoms with Crippen molar-refractivity contribution in [2.45, 2.75) is 32.1 Å². The summed E-state index contributed by atoms with van der Waals surface area (Å²) in [5, 5.41) is 0. The fourth-order valence-electron chi connectivity index (χ4n) is 9.62. The Kier molecular flexibility index (Phi) is 1.30. The molecule has 0 N–H and O–H groups in total. The number of hydrogen-bond donors (Lipinski definition) is 0. The maximum atomic E-state index is 13.2. The lowest BCUT2D eigenvalue weighted by molar-refractivity contribution is -0.307. The molecule has 0 radical (unpaired) electrons. The lowest BCUT2D eigenvalue weighted by Crippen LogP contribution is -2.81. The van der Waals surface area contributed by atoms with Gasteiger partial charge in [-0.25, -0.2) is 0 Å². The van der Waals surface area contributed by atoms with E-state index in [2.05, 4.69) is 0 Å². The summed E-state index contributed by atoms with van der Waals surface area (Å²) in [6, 6.07) is 0. The SMILES string of the molecule is O=C1[C@H]2C[C@H]3[C@H]4C[C@H]5[C@H]6C[C@H]7C[C@@H]5[C@H]([C@H]14)[C@](C2)(C7=O)[C@@H]63. The standard InChI is InChI=1S/C18H20O2/c19-16-7-3-12-9-4-8-10-1-6-2-11(8)15(13(9)16)18(5-7,14(10)12)17(6)20/h6-15H,1-5H2/t6-,7-,8-,9+,10+,11-,12-,13+,14-,15+,18+/m0/s1. The smallest absolute Gasteiger partial charge is 0.142 e. The van der Waals surface area contributed by atoms with E-state index in [-0.39, 0.29) is 11.3 Å². The molecule has 0 aromatic rings. The van der Waals surface area contributed by atoms with Crippen molar-refractivity contribution in [3.05, 3.63) is 0 Å². The largest absolute Gasteiger partial charge is 0.299 e. The van der Waals surface area contributed by atoms with Gasteiger partial charge in [0, 0.05) is 23.2 Å². The van der Waals surface area contributed by atoms with Crippen LogP contribution in [0.4, 0.5) is 0 Å². The topological polar surface area (TPSA) is 34.1 Å². The Hall–Kier alpha value is -0.660. The van der Waals surface area contributed by atoms with Gasteiger partial charge in [-0.05, 0) is 73.5 Å². The number of hydrogen-bond acceptors (Lipinski definition) is 2. The second-order valence-corrected chi connectivity index (χ2v) is 9.24. The molecule has 0 aromatic carbocycles. The van der Waals surface area contributed by atoms with E-state index in [1.54, 1.807) is 0 Å². The highest BCUT2D eigenvalue weighted by molar-refractivity contribution is 5.96. The molecule has 10 aliphatic carbocycles. The van der Waals surface area contributed by atoms with Crippen LogP contribution in [0.25, 0.3) is 0 Å². The van der Waals surface area contributed by atoms with Crippen LogP contribution < -0.4 is 0 Å². The Balaban J connectivity index is 1.59. The van der Waals surface area contributed by atoms with Crippen molar-refractivity contribution in [1.29, 1.82) is 0 Å². The minimum absolute atomic E-state index is 0.0239. The predicted octanol–water partition coefficient (Wildman–Crippen LogP) is 2.32. The van der Waals surface area contributed by atoms with Crippen LogP contribution >= 0.6 is 0 Å². The zero-order valence-corrected chi connectivity index (χ0v) is 11.6. The molecule has 1 spiro atoms. The van der Waals surface area contributed by atoms with E-state index in [1.807, 2.05) is 0 Å². The third-order valence-electron chi connectivity index (χ3n) is 9.43. The Labute approximate surface area is 118 Å². The highest BCUT2D eigenvalue weighted by Gasteiger charge is 2.82. The van der Waals surface area contributed by atoms with Crippen LogP contribution in [0.5, 0.6) is 0 Å². The van der Waals surface area contributed by atoms with Gasteiger partial charge in [-0.1, -0.05) is 0 Å². The highest BCUT2D eigenvalue weighted by atomic mass is 16.1. The quantitative estimate of drug-likeness (QED) is 0.675. The molecular formula is C18H20O2. The summed E-state index contributed by atoms with van der Waals surface area (Å²) < 4.78 is 0. The van der Waals surface area contributed by atoms with Gasteiger partial charge < -0.3 is 0 Å². The van der Waals surface area contributed by atoms with Gasteiger partial charge in [-0.2, -0.15) is 0 Å². The van der Waals surface area contributed by atoms with Gasteiger partial charge in [-0.3, -0.25) is 9.59 Å². The lowest BCUT2D eigenvalue weighted by Gasteiger charge is -2.81. The van der Waals surface area contributed by atoms with E-state index in [0.717, 1.165) is 48.9 Å². The number of Topliss-reactive ketones (excluding diaryl/α,β-unsaturated/α-hetero) is 2. The van der Waals surface area contributed by atoms with E-state index in [1.165, 1.54) is 12.8 Å². The van der Waals surface area contributed by atoms with Crippen LogP contribution in [0.1, 0.15) is 32.1 Å². The maximum Gasteiger partial charge on any atom is 0.142 e. The maximum absolute atomic E-state index is 13.2. The van der Waals surface area contributed by atoms with Gasteiger partial charge in [0.05, 0.1) is 0 Å². The minimum atomic E-state index is 0.0239. The zero-order valence-electron chi connectivity index (χ0n) is 11.6. The molecule has 2 nitrogen and oxygen atoms in total. The van der Waals surface area contributed by atoms with Gasteiger partial charge in [-0.15, -0.1) is 0 Å². The average Bonchev–Trinajstić information content (AvgIpc) is 2.45. The van der Waals surface area contributed by atoms with Crippen molar-refractivity contribution in [3.8, 4) is 0 Å². The number of ketones is 2. The molecule has 10 aliphatic rings. The lowest BCUT2D eigenvalue weighted by atomic mass is 9.21. The Morgan fingerprint density at radius 2 is 1.45 bits per heavy atom. The Morgan fingerprint density at radius 1 is 0.750 bits per heavy atom. The van der Waals surface area contributed by atoms with E-state index >= 15 is 0 Å². The minimum Gasteiger partial charge on any atom is -0.299 e. The molecule has 20 heavy (non-hydrogen) atoms. The summed E-state index contributed by atoms with van der Waals surface area (Å²) in [7, 11) is 0. The molecular weight excluding hydrogens is 248 g/mol. The first-order chi connectivity index (χ1) is 9.72. The van der Waals surface area contributed by atoms with Crippen LogP contribution in [-0.4, -0.2) is 11.6 Å². The molecule has 0 saturated heterocycles. The third kappa shape index (κ3) is 0.683. The summed E-state index contributed by atoms with van der Waals surface area (Å²) in [6.07, 6.45) is 5.88. The van der Waals surface area contributed by atoms with Gasteiger partial charge in [0.25, 0.3) is 0 Å². The summed E-state index contributed by atoms with van der Waals surface area (Å²) in [4.78, 5) is 26.0. The van der Waals surface area contributed by atoms with E-state index in [4.69, 9.17) is 0 Å². The van der Waals surface area contributed by atoms with Crippen molar-refractivity contribution in [1.82, 2.24) is 0 Å². The van der Waals surface area contributed by atoms with Crippen molar-refractivity contribution >= 4 is 11.6 Å². The summed E-state index contributed by atoms with van der Waals surface area (Å²) >= 11 is 0. The van der Waals surface area contributed by atoms with Gasteiger partial charge in [0.2, 0.25) is 0 Å². The molecule has 0 aromatic heterocycles. The second kappa shape index (κ2) is 2.57. The molecule has 0 aliphatic heterocycles. The van der Waals surface area contributed by atoms with E-state index in [0.29, 0.717) is 35.2 Å². The van der Waals surface area contributed by atoms with Crippen LogP contribution in [-0.2, 0) is 9.59 Å². The first-order valence-electron chi connectivity index (χ1n) is 8.80. The third-order valence-corrected chi connectivity index (χ3v) is 9.43. The molecule has 2 heteroatoms. The monoisotopic (exact) mass is 268 g/mol. The first-order valence-corrected chi connectivity index (χ1v) is 8.80. The number of carbonyl (C=O) groups excluding carboxylic acids is 2.